The van der Waals surface area contributed by atoms with E-state index in [0.717, 1.165) is 16.9 Å². The van der Waals surface area contributed by atoms with Crippen molar-refractivity contribution in [3.8, 4) is 0 Å². The zero-order valence-corrected chi connectivity index (χ0v) is 15.4. The van der Waals surface area contributed by atoms with Crippen LogP contribution in [0.3, 0.4) is 0 Å². The second kappa shape index (κ2) is 7.68. The van der Waals surface area contributed by atoms with Crippen LogP contribution in [-0.2, 0) is 4.79 Å². The number of hydrogen-bond donors (Lipinski definition) is 1. The number of rotatable bonds is 4. The average molecular weight is 374 g/mol. The predicted molar refractivity (Wildman–Crippen MR) is 110 cm³/mol. The highest BCUT2D eigenvalue weighted by Crippen LogP contribution is 2.41. The number of amides is 2. The number of hydrogen-bond acceptors (Lipinski definition) is 3. The summed E-state index contributed by atoms with van der Waals surface area (Å²) in [6, 6.07) is 26.5. The van der Waals surface area contributed by atoms with E-state index in [0.29, 0.717) is 11.3 Å². The van der Waals surface area contributed by atoms with E-state index in [1.165, 1.54) is 0 Å². The van der Waals surface area contributed by atoms with Crippen LogP contribution in [0.5, 0.6) is 0 Å². The molecule has 1 atom stereocenters. The Morgan fingerprint density at radius 1 is 0.889 bits per heavy atom. The third kappa shape index (κ3) is 3.73. The molecule has 3 aromatic rings. The molecule has 0 aromatic heterocycles. The lowest BCUT2D eigenvalue weighted by molar-refractivity contribution is -0.115. The van der Waals surface area contributed by atoms with Crippen molar-refractivity contribution in [3.63, 3.8) is 0 Å². The van der Waals surface area contributed by atoms with Gasteiger partial charge in [-0.25, -0.2) is 0 Å². The molecule has 1 saturated heterocycles. The number of carbonyl (C=O) groups is 2. The van der Waals surface area contributed by atoms with Crippen LogP contribution in [0.15, 0.2) is 84.9 Å². The molecule has 1 aliphatic rings. The van der Waals surface area contributed by atoms with Gasteiger partial charge in [0.15, 0.2) is 0 Å². The van der Waals surface area contributed by atoms with Crippen LogP contribution in [0.25, 0.3) is 0 Å². The van der Waals surface area contributed by atoms with Gasteiger partial charge in [-0.1, -0.05) is 48.5 Å². The lowest BCUT2D eigenvalue weighted by atomic mass is 10.1. The van der Waals surface area contributed by atoms with Crippen molar-refractivity contribution in [2.24, 2.45) is 0 Å². The summed E-state index contributed by atoms with van der Waals surface area (Å²) in [5.41, 5.74) is 3.29. The minimum absolute atomic E-state index is 0.0567. The van der Waals surface area contributed by atoms with Crippen molar-refractivity contribution in [2.45, 2.75) is 5.37 Å². The smallest absolute Gasteiger partial charge is 0.255 e. The van der Waals surface area contributed by atoms with E-state index < -0.39 is 0 Å². The van der Waals surface area contributed by atoms with Gasteiger partial charge in [0.2, 0.25) is 5.91 Å². The fourth-order valence-electron chi connectivity index (χ4n) is 3.06. The summed E-state index contributed by atoms with van der Waals surface area (Å²) in [6.45, 7) is 0. The van der Waals surface area contributed by atoms with Crippen LogP contribution >= 0.6 is 11.8 Å². The van der Waals surface area contributed by atoms with Crippen molar-refractivity contribution in [3.05, 3.63) is 96.1 Å². The van der Waals surface area contributed by atoms with E-state index >= 15 is 0 Å². The maximum absolute atomic E-state index is 12.4. The SMILES string of the molecule is O=C(Nc1ccc([C@H]2SCC(=O)N2c2ccccc2)cc1)c1ccccc1. The normalized spacial score (nSPS) is 16.4. The number of nitrogens with zero attached hydrogens (tertiary/aromatic N) is 1. The summed E-state index contributed by atoms with van der Waals surface area (Å²) in [7, 11) is 0. The Morgan fingerprint density at radius 3 is 2.19 bits per heavy atom. The topological polar surface area (TPSA) is 49.4 Å². The van der Waals surface area contributed by atoms with Gasteiger partial charge in [0.1, 0.15) is 5.37 Å². The molecular formula is C22H18N2O2S. The van der Waals surface area contributed by atoms with Crippen LogP contribution in [0.2, 0.25) is 0 Å². The highest BCUT2D eigenvalue weighted by molar-refractivity contribution is 8.00. The van der Waals surface area contributed by atoms with E-state index in [9.17, 15) is 9.59 Å². The largest absolute Gasteiger partial charge is 0.322 e. The highest BCUT2D eigenvalue weighted by Gasteiger charge is 2.33. The molecule has 4 rings (SSSR count). The van der Waals surface area contributed by atoms with Crippen molar-refractivity contribution in [1.82, 2.24) is 0 Å². The van der Waals surface area contributed by atoms with Crippen molar-refractivity contribution >= 4 is 35.0 Å². The quantitative estimate of drug-likeness (QED) is 0.719. The maximum Gasteiger partial charge on any atom is 0.255 e. The summed E-state index contributed by atoms with van der Waals surface area (Å²) in [5.74, 6) is 0.434. The van der Waals surface area contributed by atoms with Crippen LogP contribution in [0.4, 0.5) is 11.4 Å². The highest BCUT2D eigenvalue weighted by atomic mass is 32.2. The predicted octanol–water partition coefficient (Wildman–Crippen LogP) is 4.72. The molecule has 1 N–H and O–H groups in total. The summed E-state index contributed by atoms with van der Waals surface area (Å²) in [6.07, 6.45) is 0. The Balaban J connectivity index is 1.52. The van der Waals surface area contributed by atoms with E-state index in [1.807, 2.05) is 77.7 Å². The Morgan fingerprint density at radius 2 is 1.52 bits per heavy atom. The van der Waals surface area contributed by atoms with E-state index in [-0.39, 0.29) is 17.2 Å². The van der Waals surface area contributed by atoms with Crippen LogP contribution in [0, 0.1) is 0 Å². The number of nitrogens with one attached hydrogen (secondary N) is 1. The number of thioether (sulfide) groups is 1. The van der Waals surface area contributed by atoms with E-state index in [1.54, 1.807) is 23.9 Å². The molecule has 3 aromatic carbocycles. The second-order valence-corrected chi connectivity index (χ2v) is 7.27. The summed E-state index contributed by atoms with van der Waals surface area (Å²) >= 11 is 1.61. The molecule has 4 nitrogen and oxygen atoms in total. The van der Waals surface area contributed by atoms with Gasteiger partial charge < -0.3 is 5.32 Å². The molecule has 0 aliphatic carbocycles. The van der Waals surface area contributed by atoms with Gasteiger partial charge in [0.05, 0.1) is 5.75 Å². The second-order valence-electron chi connectivity index (χ2n) is 6.20. The zero-order chi connectivity index (χ0) is 18.6. The van der Waals surface area contributed by atoms with Gasteiger partial charge in [-0.15, -0.1) is 11.8 Å². The number of anilines is 2. The number of para-hydroxylation sites is 1. The van der Waals surface area contributed by atoms with Crippen molar-refractivity contribution < 1.29 is 9.59 Å². The molecule has 1 aliphatic heterocycles. The first-order valence-corrected chi connectivity index (χ1v) is 9.72. The zero-order valence-electron chi connectivity index (χ0n) is 14.5. The lowest BCUT2D eigenvalue weighted by Crippen LogP contribution is -2.27. The fraction of sp³-hybridized carbons (Fsp3) is 0.0909. The van der Waals surface area contributed by atoms with Gasteiger partial charge in [-0.05, 0) is 42.0 Å². The first-order chi connectivity index (χ1) is 13.2. The van der Waals surface area contributed by atoms with Gasteiger partial charge in [0.25, 0.3) is 5.91 Å². The van der Waals surface area contributed by atoms with Gasteiger partial charge >= 0.3 is 0 Å². The van der Waals surface area contributed by atoms with Crippen LogP contribution < -0.4 is 10.2 Å². The molecule has 5 heteroatoms. The summed E-state index contributed by atoms with van der Waals surface area (Å²) in [5, 5.41) is 2.84. The lowest BCUT2D eigenvalue weighted by Gasteiger charge is -2.24. The Labute approximate surface area is 162 Å². The molecule has 0 unspecified atom stereocenters. The maximum atomic E-state index is 12.4. The number of carbonyl (C=O) groups excluding carboxylic acids is 2. The first kappa shape index (κ1) is 17.4. The molecule has 27 heavy (non-hydrogen) atoms. The summed E-state index contributed by atoms with van der Waals surface area (Å²) < 4.78 is 0. The first-order valence-electron chi connectivity index (χ1n) is 8.67. The molecule has 0 bridgehead atoms. The molecule has 2 amide bonds. The molecule has 0 radical (unpaired) electrons. The molecule has 0 saturated carbocycles. The molecule has 0 spiro atoms. The van der Waals surface area contributed by atoms with Crippen molar-refractivity contribution in [1.29, 1.82) is 0 Å². The van der Waals surface area contributed by atoms with Gasteiger partial charge in [0, 0.05) is 16.9 Å². The molecular weight excluding hydrogens is 356 g/mol. The van der Waals surface area contributed by atoms with Crippen LogP contribution in [-0.4, -0.2) is 17.6 Å². The minimum atomic E-state index is -0.139. The van der Waals surface area contributed by atoms with Crippen LogP contribution in [0.1, 0.15) is 21.3 Å². The van der Waals surface area contributed by atoms with E-state index in [2.05, 4.69) is 5.32 Å². The number of benzene rings is 3. The summed E-state index contributed by atoms with van der Waals surface area (Å²) in [4.78, 5) is 26.5. The Kier molecular flexibility index (Phi) is 4.94. The Bertz CT molecular complexity index is 943. The third-order valence-electron chi connectivity index (χ3n) is 4.39. The van der Waals surface area contributed by atoms with Crippen molar-refractivity contribution in [2.75, 3.05) is 16.0 Å². The standard InChI is InChI=1S/C22H18N2O2S/c25-20-15-27-22(24(20)19-9-5-2-6-10-19)17-11-13-18(14-12-17)23-21(26)16-7-3-1-4-8-16/h1-14,22H,15H2,(H,23,26)/t22-/m1/s1. The monoisotopic (exact) mass is 374 g/mol. The molecule has 134 valence electrons. The average Bonchev–Trinajstić information content (AvgIpc) is 3.11. The third-order valence-corrected chi connectivity index (χ3v) is 5.60. The fourth-order valence-corrected chi connectivity index (χ4v) is 4.24. The Hall–Kier alpha value is -3.05. The van der Waals surface area contributed by atoms with Gasteiger partial charge in [-0.2, -0.15) is 0 Å². The molecule has 1 fully saturated rings. The van der Waals surface area contributed by atoms with E-state index in [4.69, 9.17) is 0 Å². The van der Waals surface area contributed by atoms with Gasteiger partial charge in [-0.3, -0.25) is 14.5 Å². The minimum Gasteiger partial charge on any atom is -0.322 e. The molecule has 1 heterocycles.